The first kappa shape index (κ1) is 26.1. The number of hydrogen-bond donors (Lipinski definition) is 1. The number of ether oxygens (including phenoxy) is 1. The van der Waals surface area contributed by atoms with Gasteiger partial charge in [0.25, 0.3) is 5.91 Å². The Morgan fingerprint density at radius 1 is 1.00 bits per heavy atom. The molecule has 4 aromatic rings. The van der Waals surface area contributed by atoms with Gasteiger partial charge in [-0.15, -0.1) is 0 Å². The van der Waals surface area contributed by atoms with Gasteiger partial charge in [0.2, 0.25) is 10.0 Å². The quantitative estimate of drug-likeness (QED) is 0.361. The van der Waals surface area contributed by atoms with Gasteiger partial charge in [0, 0.05) is 35.6 Å². The maximum absolute atomic E-state index is 13.6. The Kier molecular flexibility index (Phi) is 7.36. The molecule has 0 saturated carbocycles. The molecule has 196 valence electrons. The Bertz CT molecular complexity index is 1610. The molecule has 2 heterocycles. The lowest BCUT2D eigenvalue weighted by molar-refractivity contribution is 0.0730. The topological polar surface area (TPSA) is 93.5 Å². The number of aryl methyl sites for hydroxylation is 2. The second kappa shape index (κ2) is 10.7. The van der Waals surface area contributed by atoms with Crippen LogP contribution in [-0.2, 0) is 14.8 Å². The van der Waals surface area contributed by atoms with Crippen molar-refractivity contribution in [1.82, 2.24) is 14.1 Å². The average Bonchev–Trinajstić information content (AvgIpc) is 3.36. The van der Waals surface area contributed by atoms with Gasteiger partial charge in [0.1, 0.15) is 5.69 Å². The summed E-state index contributed by atoms with van der Waals surface area (Å²) in [5.41, 5.74) is 4.34. The van der Waals surface area contributed by atoms with E-state index in [1.807, 2.05) is 43.3 Å². The van der Waals surface area contributed by atoms with E-state index in [9.17, 15) is 13.2 Å². The molecule has 0 aliphatic carbocycles. The third kappa shape index (κ3) is 5.37. The van der Waals surface area contributed by atoms with E-state index in [0.717, 1.165) is 11.1 Å². The van der Waals surface area contributed by atoms with Crippen molar-refractivity contribution in [3.05, 3.63) is 94.6 Å². The van der Waals surface area contributed by atoms with E-state index >= 15 is 0 Å². The van der Waals surface area contributed by atoms with Gasteiger partial charge in [-0.3, -0.25) is 4.79 Å². The molecule has 1 aliphatic rings. The zero-order chi connectivity index (χ0) is 26.9. The van der Waals surface area contributed by atoms with Crippen LogP contribution in [0.2, 0.25) is 5.02 Å². The van der Waals surface area contributed by atoms with Gasteiger partial charge in [-0.05, 0) is 55.8 Å². The summed E-state index contributed by atoms with van der Waals surface area (Å²) in [5, 5.41) is 8.14. The lowest BCUT2D eigenvalue weighted by atomic mass is 10.1. The Balaban J connectivity index is 1.51. The fourth-order valence-corrected chi connectivity index (χ4v) is 6.22. The van der Waals surface area contributed by atoms with Crippen LogP contribution in [0.3, 0.4) is 0 Å². The maximum atomic E-state index is 13.6. The Morgan fingerprint density at radius 2 is 1.76 bits per heavy atom. The molecule has 1 saturated heterocycles. The van der Waals surface area contributed by atoms with Crippen LogP contribution in [0.4, 0.5) is 5.69 Å². The normalized spacial score (nSPS) is 14.4. The monoisotopic (exact) mass is 550 g/mol. The van der Waals surface area contributed by atoms with Crippen molar-refractivity contribution in [2.24, 2.45) is 0 Å². The Labute approximate surface area is 226 Å². The highest BCUT2D eigenvalue weighted by Gasteiger charge is 2.28. The van der Waals surface area contributed by atoms with E-state index in [0.29, 0.717) is 59.5 Å². The van der Waals surface area contributed by atoms with E-state index in [4.69, 9.17) is 21.4 Å². The molecule has 5 rings (SSSR count). The lowest BCUT2D eigenvalue weighted by Gasteiger charge is -2.26. The molecule has 0 radical (unpaired) electrons. The zero-order valence-corrected chi connectivity index (χ0v) is 22.6. The number of anilines is 1. The lowest BCUT2D eigenvalue weighted by Crippen LogP contribution is -2.40. The molecule has 38 heavy (non-hydrogen) atoms. The summed E-state index contributed by atoms with van der Waals surface area (Å²) in [6, 6.07) is 19.8. The Morgan fingerprint density at radius 3 is 2.50 bits per heavy atom. The molecule has 1 aliphatic heterocycles. The summed E-state index contributed by atoms with van der Waals surface area (Å²) in [7, 11) is -3.73. The average molecular weight is 551 g/mol. The highest BCUT2D eigenvalue weighted by atomic mass is 35.5. The summed E-state index contributed by atoms with van der Waals surface area (Å²) in [6.07, 6.45) is 1.65. The van der Waals surface area contributed by atoms with Gasteiger partial charge in [-0.25, -0.2) is 13.1 Å². The predicted octanol–water partition coefficient (Wildman–Crippen LogP) is 5.08. The number of morpholine rings is 1. The van der Waals surface area contributed by atoms with Crippen molar-refractivity contribution in [1.29, 1.82) is 0 Å². The molecule has 8 nitrogen and oxygen atoms in total. The molecule has 0 bridgehead atoms. The van der Waals surface area contributed by atoms with Crippen LogP contribution in [0, 0.1) is 13.8 Å². The number of sulfonamides is 1. The van der Waals surface area contributed by atoms with Crippen LogP contribution < -0.4 is 5.32 Å². The molecule has 3 aromatic carbocycles. The minimum atomic E-state index is -3.73. The van der Waals surface area contributed by atoms with Crippen LogP contribution >= 0.6 is 11.6 Å². The van der Waals surface area contributed by atoms with Crippen LogP contribution in [0.1, 0.15) is 21.5 Å². The van der Waals surface area contributed by atoms with Crippen molar-refractivity contribution < 1.29 is 17.9 Å². The molecule has 10 heteroatoms. The number of rotatable bonds is 6. The van der Waals surface area contributed by atoms with Gasteiger partial charge < -0.3 is 10.1 Å². The molecule has 0 atom stereocenters. The molecule has 0 spiro atoms. The highest BCUT2D eigenvalue weighted by Crippen LogP contribution is 2.28. The van der Waals surface area contributed by atoms with Crippen LogP contribution in [0.5, 0.6) is 0 Å². The first-order chi connectivity index (χ1) is 18.2. The van der Waals surface area contributed by atoms with Crippen molar-refractivity contribution in [3.8, 4) is 16.9 Å². The van der Waals surface area contributed by atoms with Crippen molar-refractivity contribution in [2.45, 2.75) is 18.7 Å². The molecule has 0 unspecified atom stereocenters. The number of aromatic nitrogens is 2. The van der Waals surface area contributed by atoms with Gasteiger partial charge in [0.15, 0.2) is 0 Å². The number of hydrogen-bond acceptors (Lipinski definition) is 5. The van der Waals surface area contributed by atoms with E-state index < -0.39 is 15.9 Å². The van der Waals surface area contributed by atoms with Crippen LogP contribution in [0.15, 0.2) is 77.8 Å². The van der Waals surface area contributed by atoms with Crippen molar-refractivity contribution in [2.75, 3.05) is 31.6 Å². The molecule has 1 N–H and O–H groups in total. The molecular weight excluding hydrogens is 524 g/mol. The smallest absolute Gasteiger partial charge is 0.259 e. The van der Waals surface area contributed by atoms with Crippen molar-refractivity contribution in [3.63, 3.8) is 0 Å². The largest absolute Gasteiger partial charge is 0.379 e. The van der Waals surface area contributed by atoms with Crippen molar-refractivity contribution >= 4 is 33.2 Å². The fraction of sp³-hybridized carbons (Fsp3) is 0.214. The highest BCUT2D eigenvalue weighted by molar-refractivity contribution is 7.89. The first-order valence-electron chi connectivity index (χ1n) is 12.1. The van der Waals surface area contributed by atoms with E-state index in [2.05, 4.69) is 5.32 Å². The standard InChI is InChI=1S/C28H27ClN4O4S/c1-19-5-3-6-21(15-19)27-25(18-33(31-27)24-8-4-7-22(29)16-24)28(34)30-23-10-9-20(2)26(17-23)38(35,36)32-11-13-37-14-12-32/h3-10,15-18H,11-14H2,1-2H3,(H,30,34). The van der Waals surface area contributed by atoms with E-state index in [1.54, 1.807) is 42.1 Å². The summed E-state index contributed by atoms with van der Waals surface area (Å²) in [5.74, 6) is -0.409. The zero-order valence-electron chi connectivity index (χ0n) is 21.0. The predicted molar refractivity (Wildman–Crippen MR) is 147 cm³/mol. The molecule has 1 amide bonds. The number of nitrogens with one attached hydrogen (secondary N) is 1. The SMILES string of the molecule is Cc1cccc(-c2nn(-c3cccc(Cl)c3)cc2C(=O)Nc2ccc(C)c(S(=O)(=O)N3CCOCC3)c2)c1. The third-order valence-corrected chi connectivity index (χ3v) is 8.63. The summed E-state index contributed by atoms with van der Waals surface area (Å²) in [4.78, 5) is 13.7. The molecule has 1 fully saturated rings. The van der Waals surface area contributed by atoms with Gasteiger partial charge in [-0.1, -0.05) is 47.5 Å². The number of carbonyl (C=O) groups is 1. The molecule has 1 aromatic heterocycles. The second-order valence-corrected chi connectivity index (χ2v) is 11.5. The van der Waals surface area contributed by atoms with Crippen LogP contribution in [-0.4, -0.2) is 54.7 Å². The number of carbonyl (C=O) groups excluding carboxylic acids is 1. The van der Waals surface area contributed by atoms with Gasteiger partial charge in [-0.2, -0.15) is 9.40 Å². The van der Waals surface area contributed by atoms with Gasteiger partial charge in [0.05, 0.1) is 29.4 Å². The molecular formula is C28H27ClN4O4S. The summed E-state index contributed by atoms with van der Waals surface area (Å²) in [6.45, 7) is 5.01. The van der Waals surface area contributed by atoms with E-state index in [1.165, 1.54) is 10.4 Å². The number of halogens is 1. The summed E-state index contributed by atoms with van der Waals surface area (Å²) < 4.78 is 34.9. The third-order valence-electron chi connectivity index (χ3n) is 6.36. The number of benzene rings is 3. The number of nitrogens with zero attached hydrogens (tertiary/aromatic N) is 3. The Hall–Kier alpha value is -3.50. The fourth-order valence-electron chi connectivity index (χ4n) is 4.38. The minimum Gasteiger partial charge on any atom is -0.379 e. The first-order valence-corrected chi connectivity index (χ1v) is 14.0. The van der Waals surface area contributed by atoms with Crippen LogP contribution in [0.25, 0.3) is 16.9 Å². The van der Waals surface area contributed by atoms with E-state index in [-0.39, 0.29) is 4.90 Å². The number of amides is 1. The van der Waals surface area contributed by atoms with Gasteiger partial charge >= 0.3 is 0 Å². The second-order valence-electron chi connectivity index (χ2n) is 9.14. The minimum absolute atomic E-state index is 0.158. The summed E-state index contributed by atoms with van der Waals surface area (Å²) >= 11 is 6.19. The maximum Gasteiger partial charge on any atom is 0.259 e.